The van der Waals surface area contributed by atoms with Crippen molar-refractivity contribution in [2.24, 2.45) is 5.73 Å². The largest absolute Gasteiger partial charge is 0.368 e. The highest BCUT2D eigenvalue weighted by atomic mass is 16.2. The van der Waals surface area contributed by atoms with E-state index in [0.29, 0.717) is 12.0 Å². The van der Waals surface area contributed by atoms with Gasteiger partial charge < -0.3 is 11.1 Å². The van der Waals surface area contributed by atoms with Gasteiger partial charge in [-0.15, -0.1) is 0 Å². The standard InChI is InChI=1S/C19H24N2O2/c1-2-3-4-5-13-17(18(20)22)21-19(23)16-12-8-10-14-9-6-7-11-15(14)16/h6-12,17H,2-5,13H2,1H3,(H2,20,22)(H,21,23)/t17-/m0/s1. The number of hydrogen-bond acceptors (Lipinski definition) is 2. The van der Waals surface area contributed by atoms with Crippen LogP contribution in [0, 0.1) is 0 Å². The fourth-order valence-corrected chi connectivity index (χ4v) is 2.72. The Labute approximate surface area is 137 Å². The SMILES string of the molecule is CCCCCC[C@H](NC(=O)c1cccc2ccccc12)C(N)=O. The maximum absolute atomic E-state index is 12.5. The van der Waals surface area contributed by atoms with Crippen LogP contribution in [0.4, 0.5) is 0 Å². The summed E-state index contributed by atoms with van der Waals surface area (Å²) in [6.07, 6.45) is 4.78. The summed E-state index contributed by atoms with van der Waals surface area (Å²) in [5.41, 5.74) is 6.01. The molecular weight excluding hydrogens is 288 g/mol. The third-order valence-corrected chi connectivity index (χ3v) is 4.03. The molecule has 0 saturated heterocycles. The van der Waals surface area contributed by atoms with Crippen LogP contribution >= 0.6 is 0 Å². The number of amides is 2. The van der Waals surface area contributed by atoms with Gasteiger partial charge in [-0.05, 0) is 23.3 Å². The zero-order valence-electron chi connectivity index (χ0n) is 13.5. The molecule has 0 unspecified atom stereocenters. The molecule has 0 aliphatic rings. The number of primary amides is 1. The summed E-state index contributed by atoms with van der Waals surface area (Å²) < 4.78 is 0. The van der Waals surface area contributed by atoms with E-state index in [1.807, 2.05) is 36.4 Å². The van der Waals surface area contributed by atoms with Gasteiger partial charge in [-0.2, -0.15) is 0 Å². The first-order valence-electron chi connectivity index (χ1n) is 8.21. The molecule has 0 radical (unpaired) electrons. The van der Waals surface area contributed by atoms with Gasteiger partial charge in [-0.3, -0.25) is 9.59 Å². The second kappa shape index (κ2) is 8.32. The van der Waals surface area contributed by atoms with Crippen LogP contribution in [0.1, 0.15) is 49.4 Å². The second-order valence-electron chi connectivity index (χ2n) is 5.80. The molecule has 2 rings (SSSR count). The van der Waals surface area contributed by atoms with Gasteiger partial charge in [0.05, 0.1) is 0 Å². The van der Waals surface area contributed by atoms with E-state index in [1.165, 1.54) is 0 Å². The third kappa shape index (κ3) is 4.55. The van der Waals surface area contributed by atoms with E-state index in [-0.39, 0.29) is 5.91 Å². The number of benzene rings is 2. The zero-order valence-corrected chi connectivity index (χ0v) is 13.5. The summed E-state index contributed by atoms with van der Waals surface area (Å²) in [6.45, 7) is 2.13. The average Bonchev–Trinajstić information content (AvgIpc) is 2.56. The van der Waals surface area contributed by atoms with Gasteiger partial charge in [0, 0.05) is 5.56 Å². The minimum atomic E-state index is -0.613. The molecular formula is C19H24N2O2. The molecule has 0 aliphatic heterocycles. The monoisotopic (exact) mass is 312 g/mol. The molecule has 0 fully saturated rings. The summed E-state index contributed by atoms with van der Waals surface area (Å²) in [6, 6.07) is 12.7. The molecule has 0 bridgehead atoms. The fraction of sp³-hybridized carbons (Fsp3) is 0.368. The summed E-state index contributed by atoms with van der Waals surface area (Å²) in [7, 11) is 0. The molecule has 1 atom stereocenters. The predicted octanol–water partition coefficient (Wildman–Crippen LogP) is 3.39. The molecule has 23 heavy (non-hydrogen) atoms. The van der Waals surface area contributed by atoms with Crippen LogP contribution in [-0.2, 0) is 4.79 Å². The third-order valence-electron chi connectivity index (χ3n) is 4.03. The summed E-state index contributed by atoms with van der Waals surface area (Å²) in [5.74, 6) is -0.726. The lowest BCUT2D eigenvalue weighted by Crippen LogP contribution is -2.44. The number of nitrogens with two attached hydrogens (primary N) is 1. The maximum atomic E-state index is 12.5. The fourth-order valence-electron chi connectivity index (χ4n) is 2.72. The van der Waals surface area contributed by atoms with Crippen molar-refractivity contribution < 1.29 is 9.59 Å². The van der Waals surface area contributed by atoms with E-state index in [9.17, 15) is 9.59 Å². The Morgan fingerprint density at radius 2 is 1.78 bits per heavy atom. The first-order valence-corrected chi connectivity index (χ1v) is 8.21. The second-order valence-corrected chi connectivity index (χ2v) is 5.80. The van der Waals surface area contributed by atoms with Crippen molar-refractivity contribution in [2.75, 3.05) is 0 Å². The zero-order chi connectivity index (χ0) is 16.7. The average molecular weight is 312 g/mol. The Bertz CT molecular complexity index is 677. The van der Waals surface area contributed by atoms with Gasteiger partial charge in [0.1, 0.15) is 6.04 Å². The smallest absolute Gasteiger partial charge is 0.252 e. The van der Waals surface area contributed by atoms with Crippen molar-refractivity contribution in [1.29, 1.82) is 0 Å². The topological polar surface area (TPSA) is 72.2 Å². The quantitative estimate of drug-likeness (QED) is 0.733. The highest BCUT2D eigenvalue weighted by Gasteiger charge is 2.19. The maximum Gasteiger partial charge on any atom is 0.252 e. The minimum Gasteiger partial charge on any atom is -0.368 e. The van der Waals surface area contributed by atoms with Crippen LogP contribution in [0.15, 0.2) is 42.5 Å². The van der Waals surface area contributed by atoms with E-state index in [4.69, 9.17) is 5.73 Å². The van der Waals surface area contributed by atoms with Crippen molar-refractivity contribution in [2.45, 2.75) is 45.1 Å². The summed E-state index contributed by atoms with van der Waals surface area (Å²) in [4.78, 5) is 24.1. The molecule has 0 spiro atoms. The molecule has 3 N–H and O–H groups in total. The van der Waals surface area contributed by atoms with Crippen molar-refractivity contribution in [3.05, 3.63) is 48.0 Å². The van der Waals surface area contributed by atoms with Gasteiger partial charge in [-0.1, -0.05) is 69.0 Å². The van der Waals surface area contributed by atoms with Gasteiger partial charge >= 0.3 is 0 Å². The van der Waals surface area contributed by atoms with Crippen molar-refractivity contribution in [3.8, 4) is 0 Å². The predicted molar refractivity (Wildman–Crippen MR) is 93.2 cm³/mol. The number of carbonyl (C=O) groups excluding carboxylic acids is 2. The Morgan fingerprint density at radius 1 is 1.04 bits per heavy atom. The Kier molecular flexibility index (Phi) is 6.15. The minimum absolute atomic E-state index is 0.249. The van der Waals surface area contributed by atoms with Gasteiger partial charge in [0.2, 0.25) is 5.91 Å². The Morgan fingerprint density at radius 3 is 2.52 bits per heavy atom. The molecule has 0 aromatic heterocycles. The molecule has 2 amide bonds. The molecule has 2 aromatic rings. The van der Waals surface area contributed by atoms with Gasteiger partial charge in [0.25, 0.3) is 5.91 Å². The van der Waals surface area contributed by atoms with E-state index in [1.54, 1.807) is 6.07 Å². The lowest BCUT2D eigenvalue weighted by molar-refractivity contribution is -0.120. The molecule has 0 heterocycles. The normalized spacial score (nSPS) is 12.0. The van der Waals surface area contributed by atoms with Gasteiger partial charge in [0.15, 0.2) is 0 Å². The lowest BCUT2D eigenvalue weighted by Gasteiger charge is -2.16. The first-order chi connectivity index (χ1) is 11.1. The van der Waals surface area contributed by atoms with E-state index in [2.05, 4.69) is 12.2 Å². The van der Waals surface area contributed by atoms with Crippen molar-refractivity contribution in [1.82, 2.24) is 5.32 Å². The lowest BCUT2D eigenvalue weighted by atomic mass is 10.0. The number of hydrogen-bond donors (Lipinski definition) is 2. The Balaban J connectivity index is 2.10. The number of carbonyl (C=O) groups is 2. The van der Waals surface area contributed by atoms with Crippen molar-refractivity contribution in [3.63, 3.8) is 0 Å². The molecule has 0 saturated carbocycles. The number of rotatable bonds is 8. The molecule has 4 heteroatoms. The van der Waals surface area contributed by atoms with Crippen LogP contribution in [0.25, 0.3) is 10.8 Å². The van der Waals surface area contributed by atoms with Crippen LogP contribution in [0.3, 0.4) is 0 Å². The number of nitrogens with one attached hydrogen (secondary N) is 1. The van der Waals surface area contributed by atoms with Crippen LogP contribution in [-0.4, -0.2) is 17.9 Å². The van der Waals surface area contributed by atoms with Crippen LogP contribution < -0.4 is 11.1 Å². The van der Waals surface area contributed by atoms with Crippen LogP contribution in [0.2, 0.25) is 0 Å². The van der Waals surface area contributed by atoms with Crippen molar-refractivity contribution >= 4 is 22.6 Å². The molecule has 2 aromatic carbocycles. The van der Waals surface area contributed by atoms with E-state index < -0.39 is 11.9 Å². The van der Waals surface area contributed by atoms with E-state index in [0.717, 1.165) is 36.5 Å². The number of unbranched alkanes of at least 4 members (excludes halogenated alkanes) is 3. The molecule has 4 nitrogen and oxygen atoms in total. The van der Waals surface area contributed by atoms with E-state index >= 15 is 0 Å². The highest BCUT2D eigenvalue weighted by Crippen LogP contribution is 2.18. The Hall–Kier alpha value is -2.36. The summed E-state index contributed by atoms with van der Waals surface area (Å²) >= 11 is 0. The number of fused-ring (bicyclic) bond motifs is 1. The van der Waals surface area contributed by atoms with Crippen LogP contribution in [0.5, 0.6) is 0 Å². The summed E-state index contributed by atoms with van der Waals surface area (Å²) in [5, 5.41) is 4.66. The highest BCUT2D eigenvalue weighted by molar-refractivity contribution is 6.08. The molecule has 122 valence electrons. The molecule has 0 aliphatic carbocycles. The first kappa shape index (κ1) is 17.0. The van der Waals surface area contributed by atoms with Gasteiger partial charge in [-0.25, -0.2) is 0 Å².